The molecular weight excluding hydrogens is 378 g/mol. The lowest BCUT2D eigenvalue weighted by Crippen LogP contribution is -2.37. The Bertz CT molecular complexity index is 852. The lowest BCUT2D eigenvalue weighted by atomic mass is 10.1. The van der Waals surface area contributed by atoms with Gasteiger partial charge in [0.05, 0.1) is 13.2 Å². The van der Waals surface area contributed by atoms with Crippen LogP contribution in [0.1, 0.15) is 28.7 Å². The molecule has 1 aliphatic rings. The molecule has 0 aliphatic carbocycles. The van der Waals surface area contributed by atoms with E-state index >= 15 is 0 Å². The fourth-order valence-corrected chi connectivity index (χ4v) is 3.45. The Morgan fingerprint density at radius 2 is 2.03 bits per heavy atom. The zero-order valence-electron chi connectivity index (χ0n) is 18.3. The molecule has 2 aromatic rings. The molecule has 0 saturated heterocycles. The maximum absolute atomic E-state index is 5.97. The third-order valence-electron chi connectivity index (χ3n) is 5.10. The number of hydrogen-bond acceptors (Lipinski definition) is 4. The minimum Gasteiger partial charge on any atom is -0.493 e. The van der Waals surface area contributed by atoms with E-state index in [4.69, 9.17) is 14.2 Å². The zero-order chi connectivity index (χ0) is 21.2. The van der Waals surface area contributed by atoms with Crippen LogP contribution in [0.25, 0.3) is 0 Å². The summed E-state index contributed by atoms with van der Waals surface area (Å²) < 4.78 is 16.6. The van der Waals surface area contributed by atoms with Gasteiger partial charge in [-0.05, 0) is 42.2 Å². The van der Waals surface area contributed by atoms with E-state index in [0.29, 0.717) is 19.8 Å². The quantitative estimate of drug-likeness (QED) is 0.357. The summed E-state index contributed by atoms with van der Waals surface area (Å²) in [4.78, 5) is 4.34. The number of hydrogen-bond donors (Lipinski definition) is 2. The van der Waals surface area contributed by atoms with Crippen molar-refractivity contribution in [2.75, 3.05) is 40.5 Å². The van der Waals surface area contributed by atoms with Crippen LogP contribution in [0.3, 0.4) is 0 Å². The zero-order valence-corrected chi connectivity index (χ0v) is 18.3. The van der Waals surface area contributed by atoms with Crippen molar-refractivity contribution in [1.82, 2.24) is 10.6 Å². The number of guanidine groups is 1. The predicted molar refractivity (Wildman–Crippen MR) is 121 cm³/mol. The van der Waals surface area contributed by atoms with E-state index < -0.39 is 0 Å². The van der Waals surface area contributed by atoms with Gasteiger partial charge in [0.1, 0.15) is 11.5 Å². The molecule has 0 radical (unpaired) electrons. The Morgan fingerprint density at radius 1 is 1.13 bits per heavy atom. The van der Waals surface area contributed by atoms with Crippen LogP contribution in [0.2, 0.25) is 0 Å². The molecular formula is C24H33N3O3. The largest absolute Gasteiger partial charge is 0.493 e. The van der Waals surface area contributed by atoms with E-state index in [0.717, 1.165) is 55.4 Å². The van der Waals surface area contributed by atoms with Gasteiger partial charge in [-0.2, -0.15) is 0 Å². The first-order valence-electron chi connectivity index (χ1n) is 10.6. The molecule has 0 fully saturated rings. The molecule has 0 spiro atoms. The summed E-state index contributed by atoms with van der Waals surface area (Å²) in [5.74, 6) is 2.72. The first-order chi connectivity index (χ1) is 14.7. The summed E-state index contributed by atoms with van der Waals surface area (Å²) in [6, 6.07) is 12.8. The first kappa shape index (κ1) is 22.0. The van der Waals surface area contributed by atoms with Gasteiger partial charge in [-0.25, -0.2) is 0 Å². The normalized spacial score (nSPS) is 13.0. The smallest absolute Gasteiger partial charge is 0.191 e. The minimum absolute atomic E-state index is 0.642. The lowest BCUT2D eigenvalue weighted by Gasteiger charge is -2.15. The number of aliphatic imine (C=N–C) groups is 1. The number of benzene rings is 2. The van der Waals surface area contributed by atoms with Gasteiger partial charge in [0, 0.05) is 52.3 Å². The number of ether oxygens (including phenoxy) is 3. The number of rotatable bonds is 10. The number of nitrogens with one attached hydrogen (secondary N) is 2. The van der Waals surface area contributed by atoms with Crippen LogP contribution in [0.15, 0.2) is 41.4 Å². The van der Waals surface area contributed by atoms with Crippen LogP contribution in [-0.4, -0.2) is 46.5 Å². The molecule has 0 aromatic heterocycles. The summed E-state index contributed by atoms with van der Waals surface area (Å²) in [6.45, 7) is 5.68. The van der Waals surface area contributed by atoms with Gasteiger partial charge in [0.2, 0.25) is 0 Å². The second-order valence-corrected chi connectivity index (χ2v) is 7.45. The Kier molecular flexibility index (Phi) is 8.39. The van der Waals surface area contributed by atoms with Gasteiger partial charge in [-0.1, -0.05) is 24.3 Å². The molecule has 162 valence electrons. The fourth-order valence-electron chi connectivity index (χ4n) is 3.45. The van der Waals surface area contributed by atoms with Crippen molar-refractivity contribution in [2.24, 2.45) is 4.99 Å². The molecule has 0 bridgehead atoms. The molecule has 6 nitrogen and oxygen atoms in total. The van der Waals surface area contributed by atoms with Crippen molar-refractivity contribution in [1.29, 1.82) is 0 Å². The van der Waals surface area contributed by atoms with E-state index in [1.54, 1.807) is 14.2 Å². The number of methoxy groups -OCH3 is 1. The van der Waals surface area contributed by atoms with Crippen molar-refractivity contribution >= 4 is 5.96 Å². The van der Waals surface area contributed by atoms with Gasteiger partial charge >= 0.3 is 0 Å². The van der Waals surface area contributed by atoms with Crippen molar-refractivity contribution in [3.05, 3.63) is 58.7 Å². The molecule has 0 atom stereocenters. The molecule has 0 amide bonds. The number of fused-ring (bicyclic) bond motifs is 1. The number of nitrogens with zero attached hydrogens (tertiary/aromatic N) is 1. The molecule has 1 aliphatic heterocycles. The lowest BCUT2D eigenvalue weighted by molar-refractivity contribution is 0.171. The van der Waals surface area contributed by atoms with E-state index in [1.165, 1.54) is 16.7 Å². The SMILES string of the molecule is CN=C(NCCc1ccc2c(c1)CCO2)NCc1ccc(C)cc1OCCCOC. The molecule has 2 N–H and O–H groups in total. The van der Waals surface area contributed by atoms with E-state index in [1.807, 2.05) is 0 Å². The van der Waals surface area contributed by atoms with E-state index in [2.05, 4.69) is 58.9 Å². The van der Waals surface area contributed by atoms with Crippen molar-refractivity contribution < 1.29 is 14.2 Å². The fraction of sp³-hybridized carbons (Fsp3) is 0.458. The van der Waals surface area contributed by atoms with Crippen LogP contribution >= 0.6 is 0 Å². The van der Waals surface area contributed by atoms with Crippen LogP contribution < -0.4 is 20.1 Å². The molecule has 30 heavy (non-hydrogen) atoms. The highest BCUT2D eigenvalue weighted by Gasteiger charge is 2.12. The predicted octanol–water partition coefficient (Wildman–Crippen LogP) is 3.25. The summed E-state index contributed by atoms with van der Waals surface area (Å²) in [5, 5.41) is 6.79. The van der Waals surface area contributed by atoms with Crippen LogP contribution in [0, 0.1) is 6.92 Å². The van der Waals surface area contributed by atoms with Gasteiger partial charge in [0.25, 0.3) is 0 Å². The van der Waals surface area contributed by atoms with Crippen molar-refractivity contribution in [3.8, 4) is 11.5 Å². The summed E-state index contributed by atoms with van der Waals surface area (Å²) in [5.41, 5.74) is 4.92. The first-order valence-corrected chi connectivity index (χ1v) is 10.6. The second-order valence-electron chi connectivity index (χ2n) is 7.45. The monoisotopic (exact) mass is 411 g/mol. The molecule has 2 aromatic carbocycles. The van der Waals surface area contributed by atoms with Gasteiger partial charge in [-0.3, -0.25) is 4.99 Å². The highest BCUT2D eigenvalue weighted by atomic mass is 16.5. The van der Waals surface area contributed by atoms with Gasteiger partial charge < -0.3 is 24.8 Å². The molecule has 6 heteroatoms. The van der Waals surface area contributed by atoms with Crippen molar-refractivity contribution in [2.45, 2.75) is 32.7 Å². The Balaban J connectivity index is 1.48. The maximum Gasteiger partial charge on any atom is 0.191 e. The molecule has 0 unspecified atom stereocenters. The Hall–Kier alpha value is -2.73. The summed E-state index contributed by atoms with van der Waals surface area (Å²) >= 11 is 0. The topological polar surface area (TPSA) is 64.1 Å². The third-order valence-corrected chi connectivity index (χ3v) is 5.10. The molecule has 3 rings (SSSR count). The Labute approximate surface area is 179 Å². The standard InChI is InChI=1S/C24H33N3O3/c1-18-5-7-21(23(15-18)29-13-4-12-28-3)17-27-24(25-2)26-11-9-19-6-8-22-20(16-19)10-14-30-22/h5-8,15-16H,4,9-14,17H2,1-3H3,(H2,25,26,27). The van der Waals surface area contributed by atoms with Crippen LogP contribution in [0.5, 0.6) is 11.5 Å². The Morgan fingerprint density at radius 3 is 2.87 bits per heavy atom. The van der Waals surface area contributed by atoms with E-state index in [9.17, 15) is 0 Å². The maximum atomic E-state index is 5.97. The van der Waals surface area contributed by atoms with Gasteiger partial charge in [-0.15, -0.1) is 0 Å². The molecule has 1 heterocycles. The second kappa shape index (κ2) is 11.5. The molecule has 0 saturated carbocycles. The third kappa shape index (κ3) is 6.39. The highest BCUT2D eigenvalue weighted by Crippen LogP contribution is 2.26. The van der Waals surface area contributed by atoms with Gasteiger partial charge in [0.15, 0.2) is 5.96 Å². The average molecular weight is 412 g/mol. The van der Waals surface area contributed by atoms with Crippen LogP contribution in [-0.2, 0) is 24.1 Å². The van der Waals surface area contributed by atoms with Crippen molar-refractivity contribution in [3.63, 3.8) is 0 Å². The summed E-state index contributed by atoms with van der Waals surface area (Å²) in [7, 11) is 3.50. The summed E-state index contributed by atoms with van der Waals surface area (Å²) in [6.07, 6.45) is 2.81. The average Bonchev–Trinajstić information content (AvgIpc) is 3.22. The van der Waals surface area contributed by atoms with E-state index in [-0.39, 0.29) is 0 Å². The number of aryl methyl sites for hydroxylation is 1. The highest BCUT2D eigenvalue weighted by molar-refractivity contribution is 5.79. The van der Waals surface area contributed by atoms with Crippen LogP contribution in [0.4, 0.5) is 0 Å². The minimum atomic E-state index is 0.642.